The number of aryl methyl sites for hydroxylation is 1. The summed E-state index contributed by atoms with van der Waals surface area (Å²) in [4.78, 5) is 35.5. The molecule has 0 fully saturated rings. The van der Waals surface area contributed by atoms with Crippen molar-refractivity contribution in [3.8, 4) is 0 Å². The second kappa shape index (κ2) is 12.3. The van der Waals surface area contributed by atoms with Gasteiger partial charge in [0.2, 0.25) is 5.91 Å². The molecule has 0 unspecified atom stereocenters. The Balaban J connectivity index is 1.63. The largest absolute Gasteiger partial charge is 0.466 e. The van der Waals surface area contributed by atoms with Gasteiger partial charge in [0, 0.05) is 12.1 Å². The second-order valence-corrected chi connectivity index (χ2v) is 6.57. The molecule has 6 nitrogen and oxygen atoms in total. The summed E-state index contributed by atoms with van der Waals surface area (Å²) >= 11 is 0. The van der Waals surface area contributed by atoms with Gasteiger partial charge in [-0.05, 0) is 49.1 Å². The molecule has 0 saturated heterocycles. The molecule has 29 heavy (non-hydrogen) atoms. The van der Waals surface area contributed by atoms with E-state index in [1.807, 2.05) is 37.3 Å². The zero-order valence-corrected chi connectivity index (χ0v) is 16.7. The van der Waals surface area contributed by atoms with Crippen molar-refractivity contribution < 1.29 is 23.9 Å². The average molecular weight is 397 g/mol. The Morgan fingerprint density at radius 3 is 2.28 bits per heavy atom. The van der Waals surface area contributed by atoms with Crippen LogP contribution in [0.15, 0.2) is 54.6 Å². The minimum absolute atomic E-state index is 0.0264. The van der Waals surface area contributed by atoms with Crippen LogP contribution in [0.25, 0.3) is 0 Å². The molecule has 0 atom stereocenters. The Kier molecular flexibility index (Phi) is 9.42. The molecule has 0 spiro atoms. The number of anilines is 1. The van der Waals surface area contributed by atoms with E-state index in [0.29, 0.717) is 24.5 Å². The highest BCUT2D eigenvalue weighted by atomic mass is 16.5. The van der Waals surface area contributed by atoms with Gasteiger partial charge in [0.05, 0.1) is 25.2 Å². The summed E-state index contributed by atoms with van der Waals surface area (Å²) in [5.41, 5.74) is 2.18. The van der Waals surface area contributed by atoms with E-state index in [2.05, 4.69) is 5.32 Å². The third kappa shape index (κ3) is 8.60. The van der Waals surface area contributed by atoms with Crippen molar-refractivity contribution in [3.63, 3.8) is 0 Å². The molecular weight excluding hydrogens is 370 g/mol. The number of carbonyl (C=O) groups is 3. The Morgan fingerprint density at radius 2 is 1.59 bits per heavy atom. The van der Waals surface area contributed by atoms with Crippen LogP contribution in [0.5, 0.6) is 0 Å². The highest BCUT2D eigenvalue weighted by Crippen LogP contribution is 2.12. The van der Waals surface area contributed by atoms with Crippen molar-refractivity contribution in [3.05, 3.63) is 65.7 Å². The number of carbonyl (C=O) groups excluding carboxylic acids is 3. The van der Waals surface area contributed by atoms with Crippen LogP contribution in [0, 0.1) is 0 Å². The van der Waals surface area contributed by atoms with Gasteiger partial charge < -0.3 is 14.8 Å². The summed E-state index contributed by atoms with van der Waals surface area (Å²) in [5.74, 6) is -1.06. The number of rotatable bonds is 11. The Morgan fingerprint density at radius 1 is 0.862 bits per heavy atom. The molecule has 0 bridgehead atoms. The lowest BCUT2D eigenvalue weighted by molar-refractivity contribution is -0.144. The molecular formula is C23H27NO5. The standard InChI is InChI=1S/C23H27NO5/c1-2-16-29-23(27)19-10-12-20(13-11-19)24-21(25)14-15-22(26)28-17-6-9-18-7-4-3-5-8-18/h3-5,7-8,10-13H,2,6,9,14-17H2,1H3,(H,24,25). The summed E-state index contributed by atoms with van der Waals surface area (Å²) in [6, 6.07) is 16.4. The number of esters is 2. The van der Waals surface area contributed by atoms with Crippen LogP contribution in [0.1, 0.15) is 48.5 Å². The van der Waals surface area contributed by atoms with Crippen LogP contribution in [0.3, 0.4) is 0 Å². The smallest absolute Gasteiger partial charge is 0.338 e. The predicted molar refractivity (Wildman–Crippen MR) is 111 cm³/mol. The van der Waals surface area contributed by atoms with Crippen LogP contribution in [-0.4, -0.2) is 31.1 Å². The van der Waals surface area contributed by atoms with Crippen LogP contribution in [-0.2, 0) is 25.5 Å². The van der Waals surface area contributed by atoms with Gasteiger partial charge in [-0.2, -0.15) is 0 Å². The zero-order valence-electron chi connectivity index (χ0n) is 16.7. The van der Waals surface area contributed by atoms with Crippen LogP contribution >= 0.6 is 0 Å². The molecule has 6 heteroatoms. The lowest BCUT2D eigenvalue weighted by atomic mass is 10.1. The van der Waals surface area contributed by atoms with E-state index >= 15 is 0 Å². The molecule has 1 N–H and O–H groups in total. The van der Waals surface area contributed by atoms with Gasteiger partial charge in [-0.15, -0.1) is 0 Å². The number of amides is 1. The molecule has 0 heterocycles. The predicted octanol–water partition coefficient (Wildman–Crippen LogP) is 4.15. The van der Waals surface area contributed by atoms with Crippen molar-refractivity contribution in [2.24, 2.45) is 0 Å². The van der Waals surface area contributed by atoms with Crippen LogP contribution in [0.2, 0.25) is 0 Å². The van der Waals surface area contributed by atoms with Gasteiger partial charge in [-0.25, -0.2) is 4.79 Å². The highest BCUT2D eigenvalue weighted by molar-refractivity contribution is 5.94. The van der Waals surface area contributed by atoms with E-state index in [-0.39, 0.29) is 30.7 Å². The van der Waals surface area contributed by atoms with Crippen LogP contribution in [0.4, 0.5) is 5.69 Å². The van der Waals surface area contributed by atoms with E-state index in [1.165, 1.54) is 5.56 Å². The van der Waals surface area contributed by atoms with E-state index in [0.717, 1.165) is 19.3 Å². The van der Waals surface area contributed by atoms with Gasteiger partial charge >= 0.3 is 11.9 Å². The van der Waals surface area contributed by atoms with Gasteiger partial charge in [0.1, 0.15) is 0 Å². The maximum atomic E-state index is 12.0. The Hall–Kier alpha value is -3.15. The zero-order chi connectivity index (χ0) is 20.9. The molecule has 0 aliphatic carbocycles. The third-order valence-electron chi connectivity index (χ3n) is 4.11. The maximum absolute atomic E-state index is 12.0. The number of hydrogen-bond donors (Lipinski definition) is 1. The number of nitrogens with one attached hydrogen (secondary N) is 1. The quantitative estimate of drug-likeness (QED) is 0.455. The maximum Gasteiger partial charge on any atom is 0.338 e. The van der Waals surface area contributed by atoms with E-state index in [9.17, 15) is 14.4 Å². The molecule has 2 aromatic carbocycles. The molecule has 0 aromatic heterocycles. The van der Waals surface area contributed by atoms with Crippen molar-refractivity contribution in [1.29, 1.82) is 0 Å². The second-order valence-electron chi connectivity index (χ2n) is 6.57. The fraction of sp³-hybridized carbons (Fsp3) is 0.348. The van der Waals surface area contributed by atoms with Crippen molar-refractivity contribution in [2.75, 3.05) is 18.5 Å². The topological polar surface area (TPSA) is 81.7 Å². The van der Waals surface area contributed by atoms with Gasteiger partial charge in [-0.1, -0.05) is 37.3 Å². The van der Waals surface area contributed by atoms with Crippen molar-refractivity contribution in [2.45, 2.75) is 39.0 Å². The first kappa shape index (κ1) is 22.1. The number of ether oxygens (including phenoxy) is 2. The van der Waals surface area contributed by atoms with Crippen molar-refractivity contribution in [1.82, 2.24) is 0 Å². The van der Waals surface area contributed by atoms with Crippen molar-refractivity contribution >= 4 is 23.5 Å². The summed E-state index contributed by atoms with van der Waals surface area (Å²) < 4.78 is 10.2. The monoisotopic (exact) mass is 397 g/mol. The molecule has 1 amide bonds. The van der Waals surface area contributed by atoms with Gasteiger partial charge in [0.15, 0.2) is 0 Å². The van der Waals surface area contributed by atoms with Crippen LogP contribution < -0.4 is 5.32 Å². The molecule has 154 valence electrons. The lowest BCUT2D eigenvalue weighted by Crippen LogP contribution is -2.15. The number of benzene rings is 2. The molecule has 2 aromatic rings. The minimum Gasteiger partial charge on any atom is -0.466 e. The minimum atomic E-state index is -0.389. The number of hydrogen-bond acceptors (Lipinski definition) is 5. The summed E-state index contributed by atoms with van der Waals surface area (Å²) in [7, 11) is 0. The normalized spacial score (nSPS) is 10.2. The van der Waals surface area contributed by atoms with Gasteiger partial charge in [0.25, 0.3) is 0 Å². The molecule has 0 aliphatic heterocycles. The molecule has 0 radical (unpaired) electrons. The molecule has 2 rings (SSSR count). The highest BCUT2D eigenvalue weighted by Gasteiger charge is 2.10. The first-order valence-electron chi connectivity index (χ1n) is 9.85. The Bertz CT molecular complexity index is 787. The van der Waals surface area contributed by atoms with E-state index in [4.69, 9.17) is 9.47 Å². The fourth-order valence-electron chi connectivity index (χ4n) is 2.59. The first-order chi connectivity index (χ1) is 14.1. The summed E-state index contributed by atoms with van der Waals surface area (Å²) in [5, 5.41) is 2.70. The molecule has 0 aliphatic rings. The van der Waals surface area contributed by atoms with E-state index < -0.39 is 0 Å². The van der Waals surface area contributed by atoms with Gasteiger partial charge in [-0.3, -0.25) is 9.59 Å². The lowest BCUT2D eigenvalue weighted by Gasteiger charge is -2.07. The summed E-state index contributed by atoms with van der Waals surface area (Å²) in [6.45, 7) is 2.64. The average Bonchev–Trinajstić information content (AvgIpc) is 2.75. The first-order valence-corrected chi connectivity index (χ1v) is 9.85. The SMILES string of the molecule is CCCOC(=O)c1ccc(NC(=O)CCC(=O)OCCCc2ccccc2)cc1. The third-order valence-corrected chi connectivity index (χ3v) is 4.11. The Labute approximate surface area is 171 Å². The van der Waals surface area contributed by atoms with E-state index in [1.54, 1.807) is 24.3 Å². The summed E-state index contributed by atoms with van der Waals surface area (Å²) in [6.07, 6.45) is 2.41. The fourth-order valence-corrected chi connectivity index (χ4v) is 2.59. The molecule has 0 saturated carbocycles.